The Labute approximate surface area is 220 Å². The van der Waals surface area contributed by atoms with Crippen LogP contribution in [0.5, 0.6) is 0 Å². The van der Waals surface area contributed by atoms with Crippen LogP contribution in [0.1, 0.15) is 17.2 Å². The van der Waals surface area contributed by atoms with E-state index in [1.54, 1.807) is 23.1 Å². The van der Waals surface area contributed by atoms with E-state index in [1.807, 2.05) is 84.9 Å². The van der Waals surface area contributed by atoms with Crippen LogP contribution in [-0.4, -0.2) is 38.9 Å². The lowest BCUT2D eigenvalue weighted by Gasteiger charge is -2.48. The zero-order valence-corrected chi connectivity index (χ0v) is 21.4. The average molecular weight is 532 g/mol. The monoisotopic (exact) mass is 531 g/mol. The molecule has 9 heteroatoms. The first-order valence-corrected chi connectivity index (χ1v) is 14.1. The van der Waals surface area contributed by atoms with Gasteiger partial charge in [0, 0.05) is 10.7 Å². The number of nitrogens with two attached hydrogens (primary N) is 1. The number of β-lactam (4-membered cyclic amide) rings is 1. The summed E-state index contributed by atoms with van der Waals surface area (Å²) in [5, 5.41) is -0.272. The van der Waals surface area contributed by atoms with Crippen molar-refractivity contribution in [3.8, 4) is 0 Å². The molecule has 1 saturated heterocycles. The van der Waals surface area contributed by atoms with Gasteiger partial charge in [-0.25, -0.2) is 9.78 Å². The number of thioether (sulfide) groups is 2. The lowest BCUT2D eigenvalue weighted by Crippen LogP contribution is -2.68. The van der Waals surface area contributed by atoms with E-state index in [1.165, 1.54) is 16.7 Å². The van der Waals surface area contributed by atoms with Crippen molar-refractivity contribution < 1.29 is 14.3 Å². The number of hydrogen-bond donors (Lipinski definition) is 1. The molecule has 6 rings (SSSR count). The number of carbonyl (C=O) groups is 2. The second kappa shape index (κ2) is 9.74. The Balaban J connectivity index is 1.38. The van der Waals surface area contributed by atoms with Crippen LogP contribution in [0, 0.1) is 0 Å². The van der Waals surface area contributed by atoms with Gasteiger partial charge >= 0.3 is 5.97 Å². The number of thiazole rings is 1. The highest BCUT2D eigenvalue weighted by atomic mass is 32.2. The minimum atomic E-state index is -0.620. The maximum Gasteiger partial charge on any atom is 0.356 e. The quantitative estimate of drug-likeness (QED) is 0.271. The van der Waals surface area contributed by atoms with Crippen molar-refractivity contribution in [3.63, 3.8) is 0 Å². The summed E-state index contributed by atoms with van der Waals surface area (Å²) in [6.45, 7) is 0. The molecular formula is C27H21N3O3S3. The summed E-state index contributed by atoms with van der Waals surface area (Å²) >= 11 is 4.54. The van der Waals surface area contributed by atoms with E-state index in [-0.39, 0.29) is 17.0 Å². The molecule has 180 valence electrons. The van der Waals surface area contributed by atoms with Crippen LogP contribution in [0.2, 0.25) is 0 Å². The van der Waals surface area contributed by atoms with Gasteiger partial charge in [0.25, 0.3) is 0 Å². The number of carbonyl (C=O) groups excluding carboxylic acids is 2. The average Bonchev–Trinajstić information content (AvgIpc) is 3.34. The molecule has 4 aromatic rings. The predicted octanol–water partition coefficient (Wildman–Crippen LogP) is 5.18. The van der Waals surface area contributed by atoms with Crippen LogP contribution in [0.25, 0.3) is 10.2 Å². The number of nitrogens with zero attached hydrogens (tertiary/aromatic N) is 2. The SMILES string of the molecule is NC1C(=O)N2C(C(=O)OC(c3ccccc3)c3ccccc3)=C(Sc3nc4ccccc4s3)CS[C@H]12. The highest BCUT2D eigenvalue weighted by Gasteiger charge is 2.52. The van der Waals surface area contributed by atoms with Gasteiger partial charge in [-0.3, -0.25) is 9.69 Å². The van der Waals surface area contributed by atoms with Gasteiger partial charge in [0.15, 0.2) is 10.4 Å². The first-order valence-electron chi connectivity index (χ1n) is 11.4. The van der Waals surface area contributed by atoms with Gasteiger partial charge in [0.1, 0.15) is 17.1 Å². The van der Waals surface area contributed by atoms with Crippen LogP contribution in [-0.2, 0) is 14.3 Å². The van der Waals surface area contributed by atoms with Crippen LogP contribution in [0.15, 0.2) is 99.9 Å². The van der Waals surface area contributed by atoms with E-state index in [0.717, 1.165) is 30.6 Å². The van der Waals surface area contributed by atoms with Crippen LogP contribution in [0.3, 0.4) is 0 Å². The minimum Gasteiger partial charge on any atom is -0.448 e. The van der Waals surface area contributed by atoms with Gasteiger partial charge in [-0.1, -0.05) is 84.6 Å². The van der Waals surface area contributed by atoms with Gasteiger partial charge in [-0.2, -0.15) is 0 Å². The molecule has 0 saturated carbocycles. The van der Waals surface area contributed by atoms with Gasteiger partial charge < -0.3 is 10.5 Å². The van der Waals surface area contributed by atoms with Gasteiger partial charge in [0.2, 0.25) is 5.91 Å². The van der Waals surface area contributed by atoms with Crippen LogP contribution < -0.4 is 5.73 Å². The van der Waals surface area contributed by atoms with E-state index < -0.39 is 18.1 Å². The van der Waals surface area contributed by atoms with Crippen LogP contribution >= 0.6 is 34.9 Å². The van der Waals surface area contributed by atoms with Crippen molar-refractivity contribution in [3.05, 3.63) is 107 Å². The normalized spacial score (nSPS) is 19.4. The summed E-state index contributed by atoms with van der Waals surface area (Å²) in [5.41, 5.74) is 8.95. The number of ether oxygens (including phenoxy) is 1. The summed E-state index contributed by atoms with van der Waals surface area (Å²) in [6.07, 6.45) is -0.612. The third-order valence-corrected chi connectivity index (χ3v) is 9.75. The topological polar surface area (TPSA) is 85.5 Å². The molecule has 1 aromatic heterocycles. The lowest BCUT2D eigenvalue weighted by atomic mass is 10.0. The highest BCUT2D eigenvalue weighted by molar-refractivity contribution is 8.07. The zero-order valence-electron chi connectivity index (χ0n) is 18.9. The van der Waals surface area contributed by atoms with E-state index in [2.05, 4.69) is 0 Å². The van der Waals surface area contributed by atoms with E-state index >= 15 is 0 Å². The predicted molar refractivity (Wildman–Crippen MR) is 144 cm³/mol. The van der Waals surface area contributed by atoms with Crippen LogP contribution in [0.4, 0.5) is 0 Å². The van der Waals surface area contributed by atoms with Crippen molar-refractivity contribution in [2.45, 2.75) is 21.9 Å². The molecule has 6 nitrogen and oxygen atoms in total. The van der Waals surface area contributed by atoms with Crippen molar-refractivity contribution in [1.29, 1.82) is 0 Å². The Morgan fingerprint density at radius 3 is 2.31 bits per heavy atom. The standard InChI is InChI=1S/C27H21N3O3S3/c28-21-24(31)30-22(20(15-34-25(21)30)36-27-29-18-13-7-8-14-19(18)35-27)26(32)33-23(16-9-3-1-4-10-16)17-11-5-2-6-12-17/h1-14,21,23,25H,15,28H2/t21?,25-/m1/s1. The molecule has 0 spiro atoms. The molecule has 2 aliphatic heterocycles. The maximum atomic E-state index is 13.8. The molecule has 2 atom stereocenters. The zero-order chi connectivity index (χ0) is 24.6. The molecule has 0 bridgehead atoms. The number of rotatable bonds is 6. The molecule has 0 aliphatic carbocycles. The molecular weight excluding hydrogens is 511 g/mol. The highest BCUT2D eigenvalue weighted by Crippen LogP contribution is 2.46. The molecule has 2 aliphatic rings. The molecule has 0 radical (unpaired) electrons. The number of amides is 1. The van der Waals surface area contributed by atoms with Gasteiger partial charge in [-0.15, -0.1) is 23.1 Å². The number of esters is 1. The number of para-hydroxylation sites is 1. The largest absolute Gasteiger partial charge is 0.448 e. The molecule has 1 unspecified atom stereocenters. The summed E-state index contributed by atoms with van der Waals surface area (Å²) in [7, 11) is 0. The maximum absolute atomic E-state index is 13.8. The molecule has 2 N–H and O–H groups in total. The molecule has 1 amide bonds. The minimum absolute atomic E-state index is 0.266. The van der Waals surface area contributed by atoms with E-state index in [0.29, 0.717) is 5.75 Å². The van der Waals surface area contributed by atoms with Crippen molar-refractivity contribution in [2.24, 2.45) is 5.73 Å². The lowest BCUT2D eigenvalue weighted by molar-refractivity contribution is -0.152. The smallest absolute Gasteiger partial charge is 0.356 e. The Morgan fingerprint density at radius 2 is 1.64 bits per heavy atom. The first kappa shape index (κ1) is 23.3. The molecule has 1 fully saturated rings. The Bertz CT molecular complexity index is 1400. The summed E-state index contributed by atoms with van der Waals surface area (Å²) in [4.78, 5) is 33.6. The Hall–Kier alpha value is -3.11. The Kier molecular flexibility index (Phi) is 6.30. The fourth-order valence-corrected chi connectivity index (χ4v) is 7.95. The second-order valence-electron chi connectivity index (χ2n) is 8.36. The third kappa shape index (κ3) is 4.22. The molecule has 3 heterocycles. The van der Waals surface area contributed by atoms with E-state index in [9.17, 15) is 9.59 Å². The summed E-state index contributed by atoms with van der Waals surface area (Å²) < 4.78 is 8.04. The third-order valence-electron chi connectivity index (χ3n) is 6.08. The van der Waals surface area contributed by atoms with Gasteiger partial charge in [0.05, 0.1) is 10.2 Å². The van der Waals surface area contributed by atoms with Crippen molar-refractivity contribution in [2.75, 3.05) is 5.75 Å². The summed E-state index contributed by atoms with van der Waals surface area (Å²) in [5.74, 6) is -0.256. The summed E-state index contributed by atoms with van der Waals surface area (Å²) in [6, 6.07) is 26.5. The number of aromatic nitrogens is 1. The number of benzene rings is 3. The number of fused-ring (bicyclic) bond motifs is 2. The van der Waals surface area contributed by atoms with Crippen molar-refractivity contribution >= 4 is 57.0 Å². The number of hydrogen-bond acceptors (Lipinski definition) is 8. The second-order valence-corrected chi connectivity index (χ2v) is 11.8. The molecule has 36 heavy (non-hydrogen) atoms. The first-order chi connectivity index (χ1) is 17.6. The molecule has 3 aromatic carbocycles. The van der Waals surface area contributed by atoms with Crippen molar-refractivity contribution in [1.82, 2.24) is 9.88 Å². The Morgan fingerprint density at radius 1 is 1.00 bits per heavy atom. The fraction of sp³-hybridized carbons (Fsp3) is 0.148. The van der Waals surface area contributed by atoms with E-state index in [4.69, 9.17) is 15.5 Å². The van der Waals surface area contributed by atoms with Gasteiger partial charge in [-0.05, 0) is 23.3 Å². The fourth-order valence-electron chi connectivity index (χ4n) is 4.30.